The highest BCUT2D eigenvalue weighted by atomic mass is 127. The van der Waals surface area contributed by atoms with Crippen molar-refractivity contribution in [2.45, 2.75) is 123 Å². The monoisotopic (exact) mass is 2340 g/mol. The van der Waals surface area contributed by atoms with Crippen LogP contribution in [-0.4, -0.2) is 256 Å². The molecule has 0 saturated carbocycles. The highest BCUT2D eigenvalue weighted by molar-refractivity contribution is 14.1. The van der Waals surface area contributed by atoms with Gasteiger partial charge >= 0.3 is 34.9 Å². The average Bonchev–Trinajstić information content (AvgIpc) is 1.62. The van der Waals surface area contributed by atoms with Gasteiger partial charge in [-0.2, -0.15) is 24.0 Å². The number of hydrogen-bond acceptors (Lipinski definition) is 30. The molecular weight excluding hydrogens is 2230 g/mol. The quantitative estimate of drug-likeness (QED) is 0.0171. The van der Waals surface area contributed by atoms with Gasteiger partial charge < -0.3 is 60.8 Å². The lowest BCUT2D eigenvalue weighted by molar-refractivity contribution is -0.137. The predicted octanol–water partition coefficient (Wildman–Crippen LogP) is 6.05. The normalized spacial score (nSPS) is 17.1. The van der Waals surface area contributed by atoms with Gasteiger partial charge in [-0.3, -0.25) is 62.3 Å². The number of piperazine rings is 4. The number of hydrazine groups is 1. The first-order chi connectivity index (χ1) is 60.1. The number of anilines is 4. The third kappa shape index (κ3) is 33.8. The number of pyridine rings is 6. The molecule has 7 fully saturated rings. The van der Waals surface area contributed by atoms with Crippen LogP contribution in [0.25, 0.3) is 22.6 Å². The molecule has 15 N–H and O–H groups in total. The highest BCUT2D eigenvalue weighted by Crippen LogP contribution is 2.24. The third-order valence-electron chi connectivity index (χ3n) is 18.6. The summed E-state index contributed by atoms with van der Waals surface area (Å²) in [5.41, 5.74) is 15.6. The van der Waals surface area contributed by atoms with Crippen LogP contribution in [0.5, 0.6) is 0 Å². The lowest BCUT2D eigenvalue weighted by Crippen LogP contribution is -2.50. The Morgan fingerprint density at radius 2 is 0.876 bits per heavy atom. The number of aromatic nitrogens is 14. The molecule has 0 spiro atoms. The van der Waals surface area contributed by atoms with Gasteiger partial charge in [0, 0.05) is 216 Å². The van der Waals surface area contributed by atoms with Crippen molar-refractivity contribution in [2.24, 2.45) is 5.84 Å². The first kappa shape index (κ1) is 110. The molecule has 17 heterocycles. The summed E-state index contributed by atoms with van der Waals surface area (Å²) in [6.07, 6.45) is 11.5. The Labute approximate surface area is 813 Å². The number of imide groups is 3. The van der Waals surface area contributed by atoms with Crippen molar-refractivity contribution in [3.63, 3.8) is 0 Å². The van der Waals surface area contributed by atoms with Crippen LogP contribution < -0.4 is 80.6 Å². The van der Waals surface area contributed by atoms with E-state index >= 15 is 0 Å². The van der Waals surface area contributed by atoms with Gasteiger partial charge in [-0.25, -0.2) is 65.8 Å². The van der Waals surface area contributed by atoms with Gasteiger partial charge in [0.05, 0.1) is 4.83 Å². The number of piperidine rings is 3. The minimum atomic E-state index is -0.738. The fourth-order valence-corrected chi connectivity index (χ4v) is 14.2. The lowest BCUT2D eigenvalue weighted by atomic mass is 10.1. The number of alkyl halides is 2. The van der Waals surface area contributed by atoms with E-state index in [0.717, 1.165) is 106 Å². The Hall–Kier alpha value is -9.84. The van der Waals surface area contributed by atoms with Gasteiger partial charge in [-0.15, -0.1) is 22.6 Å². The summed E-state index contributed by atoms with van der Waals surface area (Å²) in [5, 5.41) is 37.7. The standard InChI is InChI=1S/2C15H18N6O3.C15H21N5O3.C9H18N2O2.C6H4IN3O.C5H6BrNO2.C5H3FIN.C5H6IN3.CH3I.2CH4.ClH.H2N2.H2O.H2/c2*22-13-2-1-11(14(23)17-13)21-15(24)20-6-3-10(9-12(20)18-21)19-7-4-16-5-8-19;1-15(2,3)23-14(22)19-8-6-18(7-9-19)11-4-5-20-12(10-11)16-17-13(20)21;1-9(2,3)13-8(12)11-6-4-10-5-7-11;7-4-1-2-10-5(3-4)8-9-6(10)11;6-3-1-2-4(8)7-5(3)9;6-5-3-4(7)1-2-8-5;6-4-1-2-8-5(3-4)9-7;1-2;;;;1-2;;/h2*3,6,9,11,16H,1-2,4-5,7-8H2,(H,17,22,23);4-5,10H,6-9H2,1-3H3,(H,17,21);10H,4-7H2,1-3H3;1-3H,(H,9,11);3H,1-2H2,(H,7,8,9);1-3H;1-3H,7H2,(H,8,9);1H3;2*1H4;1H;1-2H;1H2;1H/i;;;;;;;;1D;;;;;;. The van der Waals surface area contributed by atoms with E-state index in [4.69, 9.17) is 27.7 Å². The number of nitrogen functional groups attached to an aromatic ring is 1. The third-order valence-corrected chi connectivity index (χ3v) is 21.5. The minimum absolute atomic E-state index is 0. The van der Waals surface area contributed by atoms with Gasteiger partial charge in [0.15, 0.2) is 22.6 Å². The predicted molar refractivity (Wildman–Crippen MR) is 526 cm³/mol. The van der Waals surface area contributed by atoms with Crippen LogP contribution in [0, 0.1) is 27.7 Å². The lowest BCUT2D eigenvalue weighted by Gasteiger charge is -2.36. The molecule has 0 radical (unpaired) electrons. The summed E-state index contributed by atoms with van der Waals surface area (Å²) in [6, 6.07) is 20.3. The molecule has 708 valence electrons. The maximum absolute atomic E-state index is 12.5. The van der Waals surface area contributed by atoms with Gasteiger partial charge in [0.2, 0.25) is 29.6 Å². The molecule has 17 rings (SSSR count). The van der Waals surface area contributed by atoms with Crippen molar-refractivity contribution in [1.29, 1.82) is 11.1 Å². The first-order valence-electron chi connectivity index (χ1n) is 39.7. The summed E-state index contributed by atoms with van der Waals surface area (Å²) in [5.74, 6) is 3.42. The molecule has 7 saturated heterocycles. The maximum atomic E-state index is 12.5. The number of rotatable bonds is 6. The molecule has 7 aliphatic heterocycles. The molecule has 51 heteroatoms. The fraction of sp³-hybridized carbons (Fsp3) is 0.462. The van der Waals surface area contributed by atoms with Crippen molar-refractivity contribution in [3.05, 3.63) is 169 Å². The van der Waals surface area contributed by atoms with Gasteiger partial charge in [0.1, 0.15) is 29.1 Å². The summed E-state index contributed by atoms with van der Waals surface area (Å²) in [4.78, 5) is 156. The van der Waals surface area contributed by atoms with Gasteiger partial charge in [-0.05, 0) is 182 Å². The SMILES string of the molecule is C.C.CC(C)(C)OC(=O)N1CCN(c2ccn3c(=O)[nH]nc3c2)CC1.CC(C)(C)OC(=O)N1CCNCC1.Cl.Fc1cc(I)ccn1.N=N.NNc1cc(I)ccn1.O.O=C1CCC(Br)C(=O)N1.O=C1CCC(n2nc3cc(N4CCNCC4)ccn3c2=O)C(=O)N1.O=C1CCC(n2nc3cc(N4CCNCC4)ccn3c2=O)C(=O)N1.O=c1[nH]nc2cc(I)ccn12.[2H]CI.[HH]. The molecule has 3 atom stereocenters. The largest absolute Gasteiger partial charge is 0.444 e. The van der Waals surface area contributed by atoms with E-state index in [1.165, 1.54) is 39.2 Å². The molecule has 10 aromatic rings. The number of H-pyrrole nitrogens is 2. The van der Waals surface area contributed by atoms with Gasteiger partial charge in [-0.1, -0.05) is 53.4 Å². The van der Waals surface area contributed by atoms with Gasteiger partial charge in [0.25, 0.3) is 11.8 Å². The number of halogens is 7. The zero-order chi connectivity index (χ0) is 92.0. The minimum Gasteiger partial charge on any atom is -0.444 e. The molecular formula is C78H112BrClFI4N29O15. The smallest absolute Gasteiger partial charge is 0.410 e. The molecule has 7 aliphatic rings. The van der Waals surface area contributed by atoms with Crippen LogP contribution in [0.1, 0.15) is 110 Å². The summed E-state index contributed by atoms with van der Waals surface area (Å²) in [7, 11) is 0. The Balaban J connectivity index is 0.000000393. The van der Waals surface area contributed by atoms with E-state index < -0.39 is 35.4 Å². The zero-order valence-corrected chi connectivity index (χ0v) is 81.0. The number of aromatic amines is 2. The van der Waals surface area contributed by atoms with E-state index in [2.05, 4.69) is 154 Å². The van der Waals surface area contributed by atoms with E-state index in [-0.39, 0.29) is 116 Å². The molecule has 0 bridgehead atoms. The summed E-state index contributed by atoms with van der Waals surface area (Å²) < 4.78 is 40.1. The first-order valence-corrected chi connectivity index (χ1v) is 44.7. The van der Waals surface area contributed by atoms with Crippen molar-refractivity contribution in [2.75, 3.05) is 130 Å². The van der Waals surface area contributed by atoms with Crippen LogP contribution in [0.2, 0.25) is 0 Å². The molecule has 8 amide bonds. The second-order valence-electron chi connectivity index (χ2n) is 29.7. The van der Waals surface area contributed by atoms with Crippen molar-refractivity contribution < 1.29 is 60.5 Å². The van der Waals surface area contributed by atoms with E-state index in [9.17, 15) is 61.9 Å². The van der Waals surface area contributed by atoms with Crippen molar-refractivity contribution >= 4 is 212 Å². The highest BCUT2D eigenvalue weighted by Gasteiger charge is 2.34. The van der Waals surface area contributed by atoms with Crippen LogP contribution in [0.3, 0.4) is 0 Å². The van der Waals surface area contributed by atoms with Crippen LogP contribution in [0.15, 0.2) is 129 Å². The molecule has 3 unspecified atom stereocenters. The number of carbonyl (C=O) groups is 8. The molecule has 44 nitrogen and oxygen atoms in total. The summed E-state index contributed by atoms with van der Waals surface area (Å²) in [6.45, 7) is 24.3. The van der Waals surface area contributed by atoms with Crippen LogP contribution >= 0.6 is 119 Å². The van der Waals surface area contributed by atoms with E-state index in [0.29, 0.717) is 85.2 Å². The van der Waals surface area contributed by atoms with Crippen molar-refractivity contribution in [1.82, 2.24) is 109 Å². The molecule has 10 aromatic heterocycles. The number of carbonyl (C=O) groups excluding carboxylic acids is 8. The molecule has 0 aromatic carbocycles. The fourth-order valence-electron chi connectivity index (χ4n) is 12.6. The Morgan fingerprint density at radius 3 is 1.25 bits per heavy atom. The second-order valence-corrected chi connectivity index (χ2v) is 34.6. The second kappa shape index (κ2) is 54.1. The number of fused-ring (bicyclic) bond motifs is 4. The topological polar surface area (TPSA) is 565 Å². The number of nitrogens with two attached hydrogens (primary N) is 1. The number of nitrogens with one attached hydrogen (secondary N) is 11. The number of nitrogens with zero attached hydrogens (tertiary/aromatic N) is 17. The van der Waals surface area contributed by atoms with E-state index in [1.807, 2.05) is 147 Å². The molecule has 129 heavy (non-hydrogen) atoms. The zero-order valence-electron chi connectivity index (χ0n) is 71.0. The van der Waals surface area contributed by atoms with Crippen LogP contribution in [-0.2, 0) is 38.2 Å². The van der Waals surface area contributed by atoms with Crippen molar-refractivity contribution in [3.8, 4) is 0 Å². The maximum Gasteiger partial charge on any atom is 0.410 e. The summed E-state index contributed by atoms with van der Waals surface area (Å²) >= 11 is 11.5. The average molecular weight is 2340 g/mol. The number of amides is 8. The van der Waals surface area contributed by atoms with Crippen LogP contribution in [0.4, 0.5) is 36.9 Å². The van der Waals surface area contributed by atoms with E-state index in [1.54, 1.807) is 46.9 Å². The Kier molecular flexibility index (Phi) is 46.0. The Bertz CT molecular complexity index is 5480. The number of ether oxygens (including phenoxy) is 2. The molecule has 0 aliphatic carbocycles. The number of hydrogen-bond donors (Lipinski definition) is 12. The Morgan fingerprint density at radius 1 is 0.519 bits per heavy atom.